The van der Waals surface area contributed by atoms with Crippen LogP contribution in [0.3, 0.4) is 0 Å². The molecule has 0 saturated heterocycles. The molecule has 1 unspecified atom stereocenters. The number of carboxylic acids is 2. The molecule has 0 aromatic rings. The summed E-state index contributed by atoms with van der Waals surface area (Å²) in [6, 6.07) is 0. The highest BCUT2D eigenvalue weighted by Gasteiger charge is 2.20. The number of nitrogens with zero attached hydrogens (tertiary/aromatic N) is 1. The smallest absolute Gasteiger partial charge is 0.330 e. The van der Waals surface area contributed by atoms with Crippen LogP contribution in [0.1, 0.15) is 12.8 Å². The van der Waals surface area contributed by atoms with Gasteiger partial charge in [0.05, 0.1) is 46.7 Å². The van der Waals surface area contributed by atoms with Gasteiger partial charge in [0.25, 0.3) is 0 Å². The first kappa shape index (κ1) is 26.3. The maximum Gasteiger partial charge on any atom is 0.330 e. The van der Waals surface area contributed by atoms with Crippen molar-refractivity contribution in [1.82, 2.24) is 0 Å². The van der Waals surface area contributed by atoms with E-state index in [1.807, 2.05) is 0 Å². The molecular weight excluding hydrogens is 330 g/mol. The third kappa shape index (κ3) is 20.4. The van der Waals surface area contributed by atoms with Crippen LogP contribution in [0.25, 0.3) is 0 Å². The highest BCUT2D eigenvalue weighted by atomic mass is 35.5. The van der Waals surface area contributed by atoms with E-state index >= 15 is 0 Å². The molecule has 23 heavy (non-hydrogen) atoms. The van der Waals surface area contributed by atoms with Crippen molar-refractivity contribution in [2.24, 2.45) is 5.92 Å². The van der Waals surface area contributed by atoms with Crippen molar-refractivity contribution in [3.8, 4) is 0 Å². The van der Waals surface area contributed by atoms with Gasteiger partial charge in [0.1, 0.15) is 6.54 Å². The molecule has 0 aliphatic heterocycles. The number of carboxylic acid groups (broad SMARTS) is 2. The Morgan fingerprint density at radius 2 is 1.74 bits per heavy atom. The predicted molar refractivity (Wildman–Crippen MR) is 79.1 cm³/mol. The second-order valence-electron chi connectivity index (χ2n) is 5.53. The lowest BCUT2D eigenvalue weighted by atomic mass is 10.0. The van der Waals surface area contributed by atoms with Crippen molar-refractivity contribution >= 4 is 17.9 Å². The van der Waals surface area contributed by atoms with E-state index < -0.39 is 30.2 Å². The van der Waals surface area contributed by atoms with E-state index in [1.54, 1.807) is 0 Å². The average molecular weight is 356 g/mol. The van der Waals surface area contributed by atoms with Crippen molar-refractivity contribution in [3.05, 3.63) is 12.7 Å². The minimum atomic E-state index is -1.22. The van der Waals surface area contributed by atoms with Crippen LogP contribution in [-0.4, -0.2) is 78.6 Å². The second-order valence-corrected chi connectivity index (χ2v) is 5.53. The van der Waals surface area contributed by atoms with Crippen LogP contribution in [0, 0.1) is 5.92 Å². The number of halogens is 1. The van der Waals surface area contributed by atoms with E-state index in [4.69, 9.17) is 15.3 Å². The lowest BCUT2D eigenvalue weighted by Crippen LogP contribution is -3.00. The Balaban J connectivity index is -0.000000425. The monoisotopic (exact) mass is 355 g/mol. The average Bonchev–Trinajstić information content (AvgIpc) is 2.36. The summed E-state index contributed by atoms with van der Waals surface area (Å²) in [7, 11) is 6.16. The van der Waals surface area contributed by atoms with E-state index in [-0.39, 0.29) is 32.0 Å². The maximum atomic E-state index is 10.6. The molecule has 0 aliphatic carbocycles. The Morgan fingerprint density at radius 3 is 2.00 bits per heavy atom. The Labute approximate surface area is 142 Å². The number of rotatable bonds is 9. The van der Waals surface area contributed by atoms with Crippen molar-refractivity contribution in [1.29, 1.82) is 0 Å². The fourth-order valence-corrected chi connectivity index (χ4v) is 1.18. The number of aliphatic carboxylic acids is 2. The Morgan fingerprint density at radius 1 is 1.22 bits per heavy atom. The molecule has 0 aromatic heterocycles. The molecule has 0 aromatic carbocycles. The van der Waals surface area contributed by atoms with E-state index in [1.165, 1.54) is 0 Å². The molecule has 0 amide bonds. The third-order valence-electron chi connectivity index (χ3n) is 2.42. The number of likely N-dealkylation sites (N-methyl/N-ethyl adjacent to an activating group) is 1. The molecule has 0 radical (unpaired) electrons. The number of ether oxygens (including phenoxy) is 1. The molecule has 0 rings (SSSR count). The lowest BCUT2D eigenvalue weighted by Gasteiger charge is -2.21. The predicted octanol–water partition coefficient (Wildman–Crippen LogP) is -3.03. The van der Waals surface area contributed by atoms with E-state index in [0.29, 0.717) is 0 Å². The zero-order valence-corrected chi connectivity index (χ0v) is 14.5. The second kappa shape index (κ2) is 14.0. The van der Waals surface area contributed by atoms with Crippen LogP contribution in [0.2, 0.25) is 0 Å². The summed E-state index contributed by atoms with van der Waals surface area (Å²) in [4.78, 5) is 31.4. The zero-order valence-electron chi connectivity index (χ0n) is 13.7. The molecule has 0 aliphatic rings. The fourth-order valence-electron chi connectivity index (χ4n) is 1.18. The van der Waals surface area contributed by atoms with Crippen molar-refractivity contribution in [2.75, 3.05) is 40.9 Å². The van der Waals surface area contributed by atoms with Crippen LogP contribution < -0.4 is 12.4 Å². The molecule has 0 fully saturated rings. The molecule has 1 atom stereocenters. The van der Waals surface area contributed by atoms with Gasteiger partial charge in [-0.15, -0.1) is 0 Å². The molecule has 0 bridgehead atoms. The molecular formula is C14H26ClNO7. The molecule has 3 N–H and O–H groups in total. The number of carbonyl (C=O) groups excluding carboxylic acids is 1. The van der Waals surface area contributed by atoms with Gasteiger partial charge in [-0.3, -0.25) is 9.59 Å². The van der Waals surface area contributed by atoms with E-state index in [0.717, 1.165) is 17.1 Å². The number of aliphatic hydroxyl groups excluding tert-OH is 1. The number of hydrogen-bond donors (Lipinski definition) is 3. The highest BCUT2D eigenvalue weighted by molar-refractivity contribution is 5.81. The van der Waals surface area contributed by atoms with E-state index in [2.05, 4.69) is 32.5 Å². The number of aliphatic hydroxyl groups is 1. The Bertz CT molecular complexity index is 380. The number of carbonyl (C=O) groups is 3. The van der Waals surface area contributed by atoms with Crippen LogP contribution in [0.4, 0.5) is 0 Å². The summed E-state index contributed by atoms with van der Waals surface area (Å²) >= 11 is 0. The molecule has 0 spiro atoms. The summed E-state index contributed by atoms with van der Waals surface area (Å²) in [6.07, 6.45) is 0.440. The van der Waals surface area contributed by atoms with Gasteiger partial charge in [0, 0.05) is 6.08 Å². The summed E-state index contributed by atoms with van der Waals surface area (Å²) in [5.74, 6) is -4.11. The van der Waals surface area contributed by atoms with Gasteiger partial charge in [-0.1, -0.05) is 6.58 Å². The van der Waals surface area contributed by atoms with Crippen molar-refractivity contribution < 1.29 is 51.3 Å². The van der Waals surface area contributed by atoms with E-state index in [9.17, 15) is 14.4 Å². The maximum absolute atomic E-state index is 10.6. The Hall–Kier alpha value is -1.64. The van der Waals surface area contributed by atoms with Crippen LogP contribution in [0.5, 0.6) is 0 Å². The minimum absolute atomic E-state index is 0. The summed E-state index contributed by atoms with van der Waals surface area (Å²) in [5, 5.41) is 25.4. The first-order chi connectivity index (χ1) is 10.0. The van der Waals surface area contributed by atoms with Gasteiger partial charge in [0.2, 0.25) is 0 Å². The third-order valence-corrected chi connectivity index (χ3v) is 2.42. The number of hydrogen-bond acceptors (Lipinski definition) is 5. The molecule has 0 heterocycles. The summed E-state index contributed by atoms with van der Waals surface area (Å²) in [5.41, 5.74) is 0. The fraction of sp³-hybridized carbons (Fsp3) is 0.643. The summed E-state index contributed by atoms with van der Waals surface area (Å²) in [6.45, 7) is 4.14. The first-order valence-corrected chi connectivity index (χ1v) is 6.68. The van der Waals surface area contributed by atoms with Gasteiger partial charge in [-0.05, 0) is 6.42 Å². The normalized spacial score (nSPS) is 11.1. The largest absolute Gasteiger partial charge is 1.00 e. The minimum Gasteiger partial charge on any atom is -1.00 e. The zero-order chi connectivity index (χ0) is 17.8. The number of esters is 1. The first-order valence-electron chi connectivity index (χ1n) is 6.68. The summed E-state index contributed by atoms with van der Waals surface area (Å²) < 4.78 is 5.38. The van der Waals surface area contributed by atoms with Gasteiger partial charge >= 0.3 is 17.9 Å². The van der Waals surface area contributed by atoms with Crippen LogP contribution in [-0.2, 0) is 19.1 Å². The van der Waals surface area contributed by atoms with Crippen molar-refractivity contribution in [3.63, 3.8) is 0 Å². The van der Waals surface area contributed by atoms with Crippen molar-refractivity contribution in [2.45, 2.75) is 12.8 Å². The van der Waals surface area contributed by atoms with Gasteiger partial charge in [-0.25, -0.2) is 4.79 Å². The molecule has 0 saturated carbocycles. The highest BCUT2D eigenvalue weighted by Crippen LogP contribution is 2.09. The quantitative estimate of drug-likeness (QED) is 0.228. The molecule has 9 heteroatoms. The van der Waals surface area contributed by atoms with Gasteiger partial charge < -0.3 is 36.9 Å². The lowest BCUT2D eigenvalue weighted by molar-refractivity contribution is -0.870. The van der Waals surface area contributed by atoms with Crippen LogP contribution >= 0.6 is 0 Å². The Kier molecular flexibility index (Phi) is 16.0. The standard InChI is InChI=1S/C9H12O6.C5H14NO.ClH/c1-2-8(12)15-4-3-6(9(13)14)5-7(10)11;1-6(2,3)4-5-7;/h2,6H,1,3-5H2,(H,10,11)(H,13,14);7H,4-5H2,1-3H3;1H/q;+1;/p-1. The van der Waals surface area contributed by atoms with Gasteiger partial charge in [-0.2, -0.15) is 0 Å². The van der Waals surface area contributed by atoms with Gasteiger partial charge in [0.15, 0.2) is 0 Å². The SMILES string of the molecule is C=CC(=O)OCCC(CC(=O)O)C(=O)O.C[N+](C)(C)CCO.[Cl-]. The topological polar surface area (TPSA) is 121 Å². The van der Waals surface area contributed by atoms with Crippen LogP contribution in [0.15, 0.2) is 12.7 Å². The molecule has 8 nitrogen and oxygen atoms in total. The number of quaternary nitrogens is 1. The molecule has 136 valence electrons.